The van der Waals surface area contributed by atoms with Gasteiger partial charge in [-0.2, -0.15) is 0 Å². The Balaban J connectivity index is 1.13. The molecule has 1 fully saturated rings. The van der Waals surface area contributed by atoms with Gasteiger partial charge in [-0.1, -0.05) is 6.07 Å². The van der Waals surface area contributed by atoms with Crippen molar-refractivity contribution in [2.75, 3.05) is 33.4 Å². The lowest BCUT2D eigenvalue weighted by Gasteiger charge is -2.32. The minimum atomic E-state index is -0.518. The largest absolute Gasteiger partial charge is 0.497 e. The minimum absolute atomic E-state index is 0.280. The average molecular weight is 438 g/mol. The van der Waals surface area contributed by atoms with Crippen molar-refractivity contribution in [2.24, 2.45) is 0 Å². The van der Waals surface area contributed by atoms with Gasteiger partial charge in [0.05, 0.1) is 18.8 Å². The highest BCUT2D eigenvalue weighted by molar-refractivity contribution is 7.19. The van der Waals surface area contributed by atoms with E-state index in [9.17, 15) is 5.11 Å². The zero-order chi connectivity index (χ0) is 21.2. The average Bonchev–Trinajstić information content (AvgIpc) is 3.44. The van der Waals surface area contributed by atoms with E-state index in [0.717, 1.165) is 48.4 Å². The van der Waals surface area contributed by atoms with Crippen LogP contribution in [0.2, 0.25) is 0 Å². The number of thiophene rings is 1. The first-order valence-corrected chi connectivity index (χ1v) is 11.6. The van der Waals surface area contributed by atoms with Crippen molar-refractivity contribution in [2.45, 2.75) is 24.9 Å². The number of piperidine rings is 1. The summed E-state index contributed by atoms with van der Waals surface area (Å²) in [5.74, 6) is 2.26. The summed E-state index contributed by atoms with van der Waals surface area (Å²) in [6.45, 7) is 2.91. The van der Waals surface area contributed by atoms with Crippen molar-refractivity contribution in [1.29, 1.82) is 0 Å². The number of rotatable bonds is 7. The van der Waals surface area contributed by atoms with Crippen LogP contribution in [0.25, 0.3) is 21.1 Å². The smallest absolute Gasteiger partial charge is 0.137 e. The van der Waals surface area contributed by atoms with Crippen LogP contribution >= 0.6 is 11.3 Å². The SMILES string of the molecule is COc1ccc2cc(C3CCN(C[C@H](O)COc4cccc5occc45)CC3)sc2c1. The van der Waals surface area contributed by atoms with E-state index in [0.29, 0.717) is 12.5 Å². The van der Waals surface area contributed by atoms with Crippen molar-refractivity contribution in [3.63, 3.8) is 0 Å². The van der Waals surface area contributed by atoms with Gasteiger partial charge >= 0.3 is 0 Å². The van der Waals surface area contributed by atoms with Gasteiger partial charge in [-0.05, 0) is 79.7 Å². The van der Waals surface area contributed by atoms with Gasteiger partial charge in [-0.15, -0.1) is 11.3 Å². The summed E-state index contributed by atoms with van der Waals surface area (Å²) in [7, 11) is 1.71. The number of β-amino-alcohol motifs (C(OH)–C–C–N with tert-alkyl or cyclic N) is 1. The second-order valence-electron chi connectivity index (χ2n) is 8.18. The van der Waals surface area contributed by atoms with Gasteiger partial charge in [0.1, 0.15) is 29.8 Å². The van der Waals surface area contributed by atoms with Crippen LogP contribution in [0.1, 0.15) is 23.6 Å². The van der Waals surface area contributed by atoms with Crippen molar-refractivity contribution >= 4 is 32.4 Å². The molecule has 0 bridgehead atoms. The summed E-state index contributed by atoms with van der Waals surface area (Å²) in [6.07, 6.45) is 3.37. The van der Waals surface area contributed by atoms with Gasteiger partial charge in [0, 0.05) is 16.1 Å². The normalized spacial score (nSPS) is 16.7. The van der Waals surface area contributed by atoms with E-state index in [4.69, 9.17) is 13.9 Å². The molecule has 0 unspecified atom stereocenters. The molecule has 2 aromatic carbocycles. The lowest BCUT2D eigenvalue weighted by molar-refractivity contribution is 0.0600. The van der Waals surface area contributed by atoms with Crippen molar-refractivity contribution in [3.05, 3.63) is 59.7 Å². The van der Waals surface area contributed by atoms with Gasteiger partial charge in [-0.3, -0.25) is 0 Å². The highest BCUT2D eigenvalue weighted by Crippen LogP contribution is 2.37. The van der Waals surface area contributed by atoms with Crippen LogP contribution in [0.5, 0.6) is 11.5 Å². The Labute approximate surface area is 185 Å². The third kappa shape index (κ3) is 4.42. The molecule has 2 aromatic heterocycles. The van der Waals surface area contributed by atoms with Gasteiger partial charge in [0.25, 0.3) is 0 Å². The van der Waals surface area contributed by atoms with Crippen LogP contribution in [-0.2, 0) is 0 Å². The first-order chi connectivity index (χ1) is 15.2. The van der Waals surface area contributed by atoms with Crippen LogP contribution < -0.4 is 9.47 Å². The molecule has 5 nitrogen and oxygen atoms in total. The molecule has 1 saturated heterocycles. The number of hydrogen-bond acceptors (Lipinski definition) is 6. The zero-order valence-corrected chi connectivity index (χ0v) is 18.4. The minimum Gasteiger partial charge on any atom is -0.497 e. The molecule has 31 heavy (non-hydrogen) atoms. The fraction of sp³-hybridized carbons (Fsp3) is 0.360. The number of furan rings is 1. The van der Waals surface area contributed by atoms with Gasteiger partial charge in [0.2, 0.25) is 0 Å². The Bertz CT molecular complexity index is 1160. The van der Waals surface area contributed by atoms with E-state index >= 15 is 0 Å². The molecule has 1 aliphatic heterocycles. The molecule has 6 heteroatoms. The van der Waals surface area contributed by atoms with Crippen LogP contribution in [0, 0.1) is 0 Å². The highest BCUT2D eigenvalue weighted by Gasteiger charge is 2.24. The number of aliphatic hydroxyl groups is 1. The van der Waals surface area contributed by atoms with E-state index < -0.39 is 6.10 Å². The van der Waals surface area contributed by atoms with Crippen LogP contribution in [-0.4, -0.2) is 49.5 Å². The third-order valence-corrected chi connectivity index (χ3v) is 7.35. The molecule has 1 aliphatic rings. The molecule has 162 valence electrons. The number of fused-ring (bicyclic) bond motifs is 2. The van der Waals surface area contributed by atoms with Crippen LogP contribution in [0.3, 0.4) is 0 Å². The molecule has 3 heterocycles. The van der Waals surface area contributed by atoms with Gasteiger partial charge < -0.3 is 23.9 Å². The molecule has 1 atom stereocenters. The maximum Gasteiger partial charge on any atom is 0.137 e. The maximum atomic E-state index is 10.5. The molecule has 0 saturated carbocycles. The second kappa shape index (κ2) is 8.91. The Morgan fingerprint density at radius 2 is 2.03 bits per heavy atom. The lowest BCUT2D eigenvalue weighted by Crippen LogP contribution is -2.40. The predicted molar refractivity (Wildman–Crippen MR) is 125 cm³/mol. The summed E-state index contributed by atoms with van der Waals surface area (Å²) in [5, 5.41) is 12.7. The van der Waals surface area contributed by atoms with E-state index in [-0.39, 0.29) is 6.61 Å². The van der Waals surface area contributed by atoms with E-state index in [2.05, 4.69) is 23.1 Å². The number of ether oxygens (including phenoxy) is 2. The molecular weight excluding hydrogens is 410 g/mol. The lowest BCUT2D eigenvalue weighted by atomic mass is 9.95. The van der Waals surface area contributed by atoms with Gasteiger partial charge in [0.15, 0.2) is 0 Å². The topological polar surface area (TPSA) is 55.1 Å². The summed E-state index contributed by atoms with van der Waals surface area (Å²) >= 11 is 1.88. The van der Waals surface area contributed by atoms with Crippen molar-refractivity contribution in [1.82, 2.24) is 4.90 Å². The summed E-state index contributed by atoms with van der Waals surface area (Å²) < 4.78 is 17.9. The second-order valence-corrected chi connectivity index (χ2v) is 9.30. The third-order valence-electron chi connectivity index (χ3n) is 6.09. The monoisotopic (exact) mass is 437 g/mol. The van der Waals surface area contributed by atoms with Crippen LogP contribution in [0.15, 0.2) is 59.2 Å². The van der Waals surface area contributed by atoms with Gasteiger partial charge in [-0.25, -0.2) is 0 Å². The number of likely N-dealkylation sites (tertiary alicyclic amines) is 1. The standard InChI is InChI=1S/C25H27NO4S/c1-28-20-6-5-18-13-24(31-25(18)14-20)17-7-10-26(11-8-17)15-19(27)16-30-23-4-2-3-22-21(23)9-12-29-22/h2-6,9,12-14,17,19,27H,7-8,10-11,15-16H2,1H3/t19-/m0/s1. The molecule has 4 aromatic rings. The molecule has 0 amide bonds. The quantitative estimate of drug-likeness (QED) is 0.427. The molecule has 0 spiro atoms. The zero-order valence-electron chi connectivity index (χ0n) is 17.6. The Kier molecular flexibility index (Phi) is 5.85. The number of hydrogen-bond donors (Lipinski definition) is 1. The summed E-state index contributed by atoms with van der Waals surface area (Å²) in [6, 6.07) is 16.3. The molecule has 0 aliphatic carbocycles. The Morgan fingerprint density at radius 3 is 2.87 bits per heavy atom. The predicted octanol–water partition coefficient (Wildman–Crippen LogP) is 5.28. The molecule has 0 radical (unpaired) electrons. The Hall–Kier alpha value is -2.54. The van der Waals surface area contributed by atoms with Crippen molar-refractivity contribution in [3.8, 4) is 11.5 Å². The van der Waals surface area contributed by atoms with Crippen molar-refractivity contribution < 1.29 is 19.0 Å². The van der Waals surface area contributed by atoms with E-state index in [1.54, 1.807) is 13.4 Å². The fourth-order valence-corrected chi connectivity index (χ4v) is 5.65. The molecule has 5 rings (SSSR count). The number of benzene rings is 2. The summed E-state index contributed by atoms with van der Waals surface area (Å²) in [4.78, 5) is 3.80. The van der Waals surface area contributed by atoms with E-state index in [1.807, 2.05) is 41.7 Å². The van der Waals surface area contributed by atoms with E-state index in [1.165, 1.54) is 15.0 Å². The number of nitrogens with zero attached hydrogens (tertiary/aromatic N) is 1. The first kappa shape index (κ1) is 20.4. The molecular formula is C25H27NO4S. The first-order valence-electron chi connectivity index (χ1n) is 10.8. The number of methoxy groups -OCH3 is 1. The molecule has 1 N–H and O–H groups in total. The summed E-state index contributed by atoms with van der Waals surface area (Å²) in [5.41, 5.74) is 0.800. The van der Waals surface area contributed by atoms with Crippen LogP contribution in [0.4, 0.5) is 0 Å². The fourth-order valence-electron chi connectivity index (χ4n) is 4.39. The maximum absolute atomic E-state index is 10.5. The highest BCUT2D eigenvalue weighted by atomic mass is 32.1. The number of aliphatic hydroxyl groups excluding tert-OH is 1. The Morgan fingerprint density at radius 1 is 1.16 bits per heavy atom.